The zero-order chi connectivity index (χ0) is 14.5. The Bertz CT molecular complexity index is 536. The van der Waals surface area contributed by atoms with Gasteiger partial charge < -0.3 is 19.5 Å². The predicted octanol–water partition coefficient (Wildman–Crippen LogP) is 2.60. The van der Waals surface area contributed by atoms with Crippen molar-refractivity contribution in [2.45, 2.75) is 46.2 Å². The van der Waals surface area contributed by atoms with Crippen molar-refractivity contribution in [3.63, 3.8) is 0 Å². The van der Waals surface area contributed by atoms with Crippen LogP contribution in [0, 0.1) is 6.92 Å². The third kappa shape index (κ3) is 3.57. The Labute approximate surface area is 118 Å². The fourth-order valence-electron chi connectivity index (χ4n) is 1.74. The van der Waals surface area contributed by atoms with E-state index in [9.17, 15) is 0 Å². The van der Waals surface area contributed by atoms with Crippen molar-refractivity contribution in [3.8, 4) is 0 Å². The molecule has 0 bridgehead atoms. The van der Waals surface area contributed by atoms with Crippen molar-refractivity contribution in [2.75, 3.05) is 11.9 Å². The fourth-order valence-corrected chi connectivity index (χ4v) is 1.74. The number of hydrogen-bond acceptors (Lipinski definition) is 7. The van der Waals surface area contributed by atoms with Crippen LogP contribution in [-0.2, 0) is 0 Å². The quantitative estimate of drug-likeness (QED) is 0.805. The third-order valence-corrected chi connectivity index (χ3v) is 2.86. The van der Waals surface area contributed by atoms with Crippen molar-refractivity contribution in [2.24, 2.45) is 0 Å². The van der Waals surface area contributed by atoms with Crippen molar-refractivity contribution in [1.82, 2.24) is 20.5 Å². The van der Waals surface area contributed by atoms with Gasteiger partial charge in [0.1, 0.15) is 11.8 Å². The molecule has 20 heavy (non-hydrogen) atoms. The molecule has 2 aromatic rings. The summed E-state index contributed by atoms with van der Waals surface area (Å²) in [4.78, 5) is 4.16. The van der Waals surface area contributed by atoms with Gasteiger partial charge in [-0.05, 0) is 33.7 Å². The van der Waals surface area contributed by atoms with E-state index >= 15 is 0 Å². The number of aryl methyl sites for hydroxylation is 1. The van der Waals surface area contributed by atoms with Gasteiger partial charge in [0.2, 0.25) is 11.8 Å². The summed E-state index contributed by atoms with van der Waals surface area (Å²) >= 11 is 0. The van der Waals surface area contributed by atoms with Gasteiger partial charge in [0, 0.05) is 0 Å². The van der Waals surface area contributed by atoms with Gasteiger partial charge in [0.05, 0.1) is 12.2 Å². The first-order chi connectivity index (χ1) is 9.60. The highest BCUT2D eigenvalue weighted by Crippen LogP contribution is 2.19. The second kappa shape index (κ2) is 6.51. The Kier molecular flexibility index (Phi) is 4.73. The summed E-state index contributed by atoms with van der Waals surface area (Å²) in [6.45, 7) is 8.80. The van der Waals surface area contributed by atoms with Crippen molar-refractivity contribution >= 4 is 6.01 Å². The number of rotatable bonds is 7. The van der Waals surface area contributed by atoms with Crippen LogP contribution in [0.15, 0.2) is 15.0 Å². The topological polar surface area (TPSA) is 89.0 Å². The van der Waals surface area contributed by atoms with Crippen LogP contribution in [0.5, 0.6) is 0 Å². The van der Waals surface area contributed by atoms with Gasteiger partial charge >= 0.3 is 6.01 Å². The molecule has 2 atom stereocenters. The van der Waals surface area contributed by atoms with E-state index in [1.165, 1.54) is 0 Å². The molecule has 0 saturated carbocycles. The maximum Gasteiger partial charge on any atom is 0.316 e. The minimum absolute atomic E-state index is 0.0392. The van der Waals surface area contributed by atoms with Gasteiger partial charge in [0.25, 0.3) is 0 Å². The molecule has 2 heterocycles. The van der Waals surface area contributed by atoms with Crippen LogP contribution < -0.4 is 10.6 Å². The third-order valence-electron chi connectivity index (χ3n) is 2.86. The number of anilines is 1. The fraction of sp³-hybridized carbons (Fsp3) is 0.615. The molecule has 0 aromatic carbocycles. The zero-order valence-electron chi connectivity index (χ0n) is 12.3. The molecule has 0 aliphatic rings. The highest BCUT2D eigenvalue weighted by atomic mass is 16.4. The standard InChI is InChI=1S/C13H21N5O2/c1-5-6-14-9(3)12-17-18-13(20-12)16-10(4)11-15-7-8(2)19-11/h7,9-10,14H,5-6H2,1-4H3,(H,16,18). The lowest BCUT2D eigenvalue weighted by Gasteiger charge is -2.08. The predicted molar refractivity (Wildman–Crippen MR) is 74.3 cm³/mol. The van der Waals surface area contributed by atoms with E-state index in [2.05, 4.69) is 32.7 Å². The van der Waals surface area contributed by atoms with E-state index in [1.807, 2.05) is 20.8 Å². The summed E-state index contributed by atoms with van der Waals surface area (Å²) in [6.07, 6.45) is 2.74. The summed E-state index contributed by atoms with van der Waals surface area (Å²) < 4.78 is 11.0. The molecule has 0 aliphatic heterocycles. The van der Waals surface area contributed by atoms with Crippen molar-refractivity contribution < 1.29 is 8.83 Å². The van der Waals surface area contributed by atoms with E-state index in [1.54, 1.807) is 6.20 Å². The number of hydrogen-bond donors (Lipinski definition) is 2. The molecule has 7 heteroatoms. The minimum Gasteiger partial charge on any atom is -0.444 e. The Balaban J connectivity index is 1.95. The van der Waals surface area contributed by atoms with Crippen LogP contribution in [0.3, 0.4) is 0 Å². The monoisotopic (exact) mass is 279 g/mol. The van der Waals surface area contributed by atoms with Crippen LogP contribution in [0.25, 0.3) is 0 Å². The van der Waals surface area contributed by atoms with E-state index in [0.29, 0.717) is 17.8 Å². The van der Waals surface area contributed by atoms with Gasteiger partial charge in [-0.15, -0.1) is 5.10 Å². The molecule has 2 rings (SSSR count). The summed E-state index contributed by atoms with van der Waals surface area (Å²) in [5.74, 6) is 1.94. The van der Waals surface area contributed by atoms with Crippen LogP contribution in [0.1, 0.15) is 56.8 Å². The van der Waals surface area contributed by atoms with Crippen LogP contribution in [-0.4, -0.2) is 21.7 Å². The van der Waals surface area contributed by atoms with E-state index < -0.39 is 0 Å². The summed E-state index contributed by atoms with van der Waals surface area (Å²) in [6, 6.07) is 0.279. The van der Waals surface area contributed by atoms with Gasteiger partial charge in [-0.3, -0.25) is 0 Å². The highest BCUT2D eigenvalue weighted by molar-refractivity contribution is 5.21. The molecule has 2 N–H and O–H groups in total. The van der Waals surface area contributed by atoms with Gasteiger partial charge in [0.15, 0.2) is 0 Å². The van der Waals surface area contributed by atoms with Crippen LogP contribution >= 0.6 is 0 Å². The summed E-state index contributed by atoms with van der Waals surface area (Å²) in [5, 5.41) is 14.4. The molecule has 2 unspecified atom stereocenters. The first-order valence-corrected chi connectivity index (χ1v) is 6.85. The Morgan fingerprint density at radius 2 is 1.95 bits per heavy atom. The molecular formula is C13H21N5O2. The van der Waals surface area contributed by atoms with Crippen LogP contribution in [0.4, 0.5) is 6.01 Å². The number of nitrogens with zero attached hydrogens (tertiary/aromatic N) is 3. The normalized spacial score (nSPS) is 14.2. The minimum atomic E-state index is -0.129. The summed E-state index contributed by atoms with van der Waals surface area (Å²) in [7, 11) is 0. The second-order valence-electron chi connectivity index (χ2n) is 4.80. The molecule has 0 spiro atoms. The molecule has 110 valence electrons. The Morgan fingerprint density at radius 3 is 2.60 bits per heavy atom. The number of aromatic nitrogens is 3. The lowest BCUT2D eigenvalue weighted by molar-refractivity contribution is 0.414. The van der Waals surface area contributed by atoms with Crippen LogP contribution in [0.2, 0.25) is 0 Å². The molecule has 0 aliphatic carbocycles. The lowest BCUT2D eigenvalue weighted by atomic mass is 10.3. The molecule has 0 radical (unpaired) electrons. The summed E-state index contributed by atoms with van der Waals surface area (Å²) in [5.41, 5.74) is 0. The van der Waals surface area contributed by atoms with E-state index in [0.717, 1.165) is 18.7 Å². The largest absolute Gasteiger partial charge is 0.444 e. The smallest absolute Gasteiger partial charge is 0.316 e. The van der Waals surface area contributed by atoms with E-state index in [-0.39, 0.29) is 12.1 Å². The first kappa shape index (κ1) is 14.5. The average Bonchev–Trinajstić information content (AvgIpc) is 3.05. The molecule has 0 amide bonds. The average molecular weight is 279 g/mol. The van der Waals surface area contributed by atoms with Crippen molar-refractivity contribution in [1.29, 1.82) is 0 Å². The van der Waals surface area contributed by atoms with Gasteiger partial charge in [-0.1, -0.05) is 12.0 Å². The molecule has 7 nitrogen and oxygen atoms in total. The number of nitrogens with one attached hydrogen (secondary N) is 2. The van der Waals surface area contributed by atoms with E-state index in [4.69, 9.17) is 8.83 Å². The maximum atomic E-state index is 5.58. The second-order valence-corrected chi connectivity index (χ2v) is 4.80. The Morgan fingerprint density at radius 1 is 1.15 bits per heavy atom. The number of oxazole rings is 1. The molecule has 0 saturated heterocycles. The zero-order valence-corrected chi connectivity index (χ0v) is 12.3. The molecular weight excluding hydrogens is 258 g/mol. The lowest BCUT2D eigenvalue weighted by Crippen LogP contribution is -2.19. The Hall–Kier alpha value is -1.89. The van der Waals surface area contributed by atoms with Crippen molar-refractivity contribution in [3.05, 3.63) is 23.7 Å². The van der Waals surface area contributed by atoms with Gasteiger partial charge in [-0.2, -0.15) is 0 Å². The maximum absolute atomic E-state index is 5.58. The molecule has 0 fully saturated rings. The van der Waals surface area contributed by atoms with Gasteiger partial charge in [-0.25, -0.2) is 4.98 Å². The highest BCUT2D eigenvalue weighted by Gasteiger charge is 2.17. The first-order valence-electron chi connectivity index (χ1n) is 6.85. The molecule has 2 aromatic heterocycles. The SMILES string of the molecule is CCCNC(C)c1nnc(NC(C)c2ncc(C)o2)o1.